The van der Waals surface area contributed by atoms with Crippen molar-refractivity contribution in [1.82, 2.24) is 10.3 Å². The van der Waals surface area contributed by atoms with Crippen molar-refractivity contribution in [2.45, 2.75) is 31.3 Å². The van der Waals surface area contributed by atoms with Crippen molar-refractivity contribution in [2.75, 3.05) is 13.1 Å². The molecule has 4 rings (SSSR count). The first-order chi connectivity index (χ1) is 14.4. The van der Waals surface area contributed by atoms with E-state index >= 15 is 0 Å². The molecule has 1 atom stereocenters. The molecule has 1 amide bonds. The maximum Gasteiger partial charge on any atom is 0.207 e. The molecule has 0 spiro atoms. The molecule has 0 aliphatic heterocycles. The van der Waals surface area contributed by atoms with Gasteiger partial charge in [-0.1, -0.05) is 6.42 Å². The summed E-state index contributed by atoms with van der Waals surface area (Å²) in [6.45, 7) is 0.418. The number of fused-ring (bicyclic) bond motifs is 1. The van der Waals surface area contributed by atoms with E-state index in [1.54, 1.807) is 12.1 Å². The van der Waals surface area contributed by atoms with E-state index in [9.17, 15) is 18.0 Å². The molecule has 1 aromatic heterocycles. The second-order valence-electron chi connectivity index (χ2n) is 7.27. The number of nitrogens with two attached hydrogens (primary N) is 1. The number of nitrogens with one attached hydrogen (secondary N) is 2. The Morgan fingerprint density at radius 3 is 2.43 bits per heavy atom. The summed E-state index contributed by atoms with van der Waals surface area (Å²) in [4.78, 5) is 12.6. The molecule has 5 nitrogen and oxygen atoms in total. The third-order valence-electron chi connectivity index (χ3n) is 5.22. The average Bonchev–Trinajstić information content (AvgIpc) is 3.05. The van der Waals surface area contributed by atoms with Gasteiger partial charge in [0.15, 0.2) is 0 Å². The molecule has 8 heteroatoms. The first-order valence-electron chi connectivity index (χ1n) is 9.76. The summed E-state index contributed by atoms with van der Waals surface area (Å²) in [7, 11) is 0. The molecule has 160 valence electrons. The van der Waals surface area contributed by atoms with E-state index in [1.807, 2.05) is 0 Å². The molecule has 1 aliphatic carbocycles. The molecule has 0 saturated heterocycles. The monoisotopic (exact) mass is 419 g/mol. The fourth-order valence-corrected chi connectivity index (χ4v) is 3.47. The Kier molecular flexibility index (Phi) is 7.12. The van der Waals surface area contributed by atoms with Crippen LogP contribution in [0.15, 0.2) is 36.4 Å². The summed E-state index contributed by atoms with van der Waals surface area (Å²) in [6, 6.07) is 8.35. The molecule has 1 saturated carbocycles. The van der Waals surface area contributed by atoms with E-state index in [2.05, 4.69) is 10.3 Å². The molecule has 3 aromatic rings. The largest absolute Gasteiger partial charge is 0.390 e. The number of hydrogen-bond donors (Lipinski definition) is 4. The molecular weight excluding hydrogens is 395 g/mol. The van der Waals surface area contributed by atoms with Crippen LogP contribution in [0.25, 0.3) is 22.2 Å². The summed E-state index contributed by atoms with van der Waals surface area (Å²) < 4.78 is 40.8. The number of rotatable bonds is 6. The van der Waals surface area contributed by atoms with Crippen LogP contribution >= 0.6 is 0 Å². The lowest BCUT2D eigenvalue weighted by atomic mass is 9.78. The second kappa shape index (κ2) is 9.77. The van der Waals surface area contributed by atoms with Crippen LogP contribution in [0, 0.1) is 17.5 Å². The van der Waals surface area contributed by atoms with E-state index in [0.717, 1.165) is 42.1 Å². The maximum absolute atomic E-state index is 14.1. The highest BCUT2D eigenvalue weighted by atomic mass is 19.1. The number of aromatic amines is 1. The van der Waals surface area contributed by atoms with E-state index in [0.29, 0.717) is 23.2 Å². The summed E-state index contributed by atoms with van der Waals surface area (Å²) in [6.07, 6.45) is 3.07. The molecule has 1 unspecified atom stereocenters. The average molecular weight is 419 g/mol. The van der Waals surface area contributed by atoms with Crippen molar-refractivity contribution < 1.29 is 23.1 Å². The highest BCUT2D eigenvalue weighted by molar-refractivity contribution is 5.92. The van der Waals surface area contributed by atoms with Gasteiger partial charge in [0.25, 0.3) is 0 Å². The number of carbonyl (C=O) groups excluding carboxylic acids is 1. The number of aromatic nitrogens is 1. The van der Waals surface area contributed by atoms with Gasteiger partial charge in [0.1, 0.15) is 17.5 Å². The van der Waals surface area contributed by atoms with E-state index in [1.165, 1.54) is 18.2 Å². The van der Waals surface area contributed by atoms with Crippen molar-refractivity contribution in [3.05, 3.63) is 59.4 Å². The highest BCUT2D eigenvalue weighted by Crippen LogP contribution is 2.45. The number of benzene rings is 2. The summed E-state index contributed by atoms with van der Waals surface area (Å²) >= 11 is 0. The van der Waals surface area contributed by atoms with Crippen LogP contribution in [0.1, 0.15) is 30.7 Å². The molecule has 1 aliphatic rings. The van der Waals surface area contributed by atoms with Gasteiger partial charge >= 0.3 is 0 Å². The first-order valence-corrected chi connectivity index (χ1v) is 9.76. The third-order valence-corrected chi connectivity index (χ3v) is 5.22. The minimum Gasteiger partial charge on any atom is -0.390 e. The first kappa shape index (κ1) is 21.9. The Morgan fingerprint density at radius 1 is 1.17 bits per heavy atom. The van der Waals surface area contributed by atoms with Crippen molar-refractivity contribution in [1.29, 1.82) is 0 Å². The molecule has 1 heterocycles. The van der Waals surface area contributed by atoms with Gasteiger partial charge in [0, 0.05) is 24.5 Å². The van der Waals surface area contributed by atoms with Crippen LogP contribution in [0.3, 0.4) is 0 Å². The van der Waals surface area contributed by atoms with E-state index in [4.69, 9.17) is 10.8 Å². The van der Waals surface area contributed by atoms with Crippen molar-refractivity contribution >= 4 is 17.3 Å². The normalized spacial score (nSPS) is 14.6. The summed E-state index contributed by atoms with van der Waals surface area (Å²) in [5.74, 6) is -1.18. The minimum atomic E-state index is -0.611. The Hall–Kier alpha value is -2.84. The lowest BCUT2D eigenvalue weighted by Crippen LogP contribution is -2.31. The van der Waals surface area contributed by atoms with Gasteiger partial charge in [-0.25, -0.2) is 13.2 Å². The lowest BCUT2D eigenvalue weighted by molar-refractivity contribution is -0.109. The van der Waals surface area contributed by atoms with Gasteiger partial charge in [-0.3, -0.25) is 4.79 Å². The zero-order chi connectivity index (χ0) is 21.7. The Bertz CT molecular complexity index is 1000. The highest BCUT2D eigenvalue weighted by Gasteiger charge is 2.27. The van der Waals surface area contributed by atoms with Crippen LogP contribution < -0.4 is 11.1 Å². The zero-order valence-corrected chi connectivity index (χ0v) is 16.3. The van der Waals surface area contributed by atoms with Crippen LogP contribution in [0.5, 0.6) is 0 Å². The van der Waals surface area contributed by atoms with Crippen molar-refractivity contribution in [3.8, 4) is 11.3 Å². The number of aliphatic hydroxyl groups excluding tert-OH is 1. The van der Waals surface area contributed by atoms with Gasteiger partial charge in [0.2, 0.25) is 6.41 Å². The number of halogens is 3. The summed E-state index contributed by atoms with van der Waals surface area (Å²) in [5, 5.41) is 11.5. The maximum atomic E-state index is 14.1. The molecule has 1 fully saturated rings. The predicted molar refractivity (Wildman–Crippen MR) is 109 cm³/mol. The van der Waals surface area contributed by atoms with Crippen LogP contribution in [0.4, 0.5) is 13.2 Å². The van der Waals surface area contributed by atoms with E-state index in [-0.39, 0.29) is 18.9 Å². The fourth-order valence-electron chi connectivity index (χ4n) is 3.47. The number of H-pyrrole nitrogens is 1. The van der Waals surface area contributed by atoms with Crippen molar-refractivity contribution in [2.24, 2.45) is 5.73 Å². The van der Waals surface area contributed by atoms with Crippen LogP contribution in [0.2, 0.25) is 0 Å². The number of carbonyl (C=O) groups is 1. The van der Waals surface area contributed by atoms with Crippen molar-refractivity contribution in [3.63, 3.8) is 0 Å². The Labute approximate surface area is 172 Å². The number of amides is 1. The molecule has 30 heavy (non-hydrogen) atoms. The van der Waals surface area contributed by atoms with Gasteiger partial charge in [0.05, 0.1) is 17.3 Å². The second-order valence-corrected chi connectivity index (χ2v) is 7.27. The number of aliphatic hydroxyl groups is 1. The van der Waals surface area contributed by atoms with Crippen LogP contribution in [-0.2, 0) is 4.79 Å². The smallest absolute Gasteiger partial charge is 0.207 e. The van der Waals surface area contributed by atoms with Gasteiger partial charge in [-0.15, -0.1) is 0 Å². The van der Waals surface area contributed by atoms with Gasteiger partial charge < -0.3 is 21.1 Å². The number of hydrogen-bond acceptors (Lipinski definition) is 3. The zero-order valence-electron chi connectivity index (χ0n) is 16.3. The standard InChI is InChI=1S/C18H14F3N.C4H10N2O2/c19-12-6-4-11(5-7-12)17-16(10-2-1-3-10)14-8-13(20)9-15(21)18(14)22-17;5-1-4(8)2-6-3-7/h4-10,22H,1-3H2;3-4,8H,1-2,5H2,(H,6,7). The SMILES string of the molecule is Fc1ccc(-c2[nH]c3c(F)cc(F)cc3c2C2CCC2)cc1.NCC(O)CNC=O. The molecular formula is C22H24F3N3O2. The van der Waals surface area contributed by atoms with E-state index < -0.39 is 17.7 Å². The van der Waals surface area contributed by atoms with Crippen LogP contribution in [-0.4, -0.2) is 35.7 Å². The predicted octanol–water partition coefficient (Wildman–Crippen LogP) is 3.57. The quantitative estimate of drug-likeness (QED) is 0.461. The molecule has 2 aromatic carbocycles. The summed E-state index contributed by atoms with van der Waals surface area (Å²) in [5.41, 5.74) is 7.84. The lowest BCUT2D eigenvalue weighted by Gasteiger charge is -2.26. The molecule has 0 bridgehead atoms. The molecule has 0 radical (unpaired) electrons. The Balaban J connectivity index is 0.000000275. The molecule has 5 N–H and O–H groups in total. The topological polar surface area (TPSA) is 91.1 Å². The Morgan fingerprint density at radius 2 is 1.87 bits per heavy atom. The third kappa shape index (κ3) is 4.83. The minimum absolute atomic E-state index is 0.181. The van der Waals surface area contributed by atoms with Gasteiger partial charge in [-0.2, -0.15) is 0 Å². The fraction of sp³-hybridized carbons (Fsp3) is 0.318. The van der Waals surface area contributed by atoms with Gasteiger partial charge in [-0.05, 0) is 60.2 Å².